The van der Waals surface area contributed by atoms with Crippen LogP contribution in [0.25, 0.3) is 0 Å². The van der Waals surface area contributed by atoms with E-state index >= 15 is 0 Å². The second-order valence-electron chi connectivity index (χ2n) is 6.78. The zero-order valence-corrected chi connectivity index (χ0v) is 14.7. The predicted molar refractivity (Wildman–Crippen MR) is 96.6 cm³/mol. The zero-order chi connectivity index (χ0) is 17.9. The summed E-state index contributed by atoms with van der Waals surface area (Å²) in [5, 5.41) is 16.2. The molecule has 6 heteroatoms. The van der Waals surface area contributed by atoms with Gasteiger partial charge in [0.1, 0.15) is 17.1 Å². The fraction of sp³-hybridized carbons (Fsp3) is 0.421. The molecule has 0 spiro atoms. The van der Waals surface area contributed by atoms with Crippen molar-refractivity contribution in [3.05, 3.63) is 54.0 Å². The number of nitrogens with zero attached hydrogens (tertiary/aromatic N) is 1. The van der Waals surface area contributed by atoms with E-state index in [0.29, 0.717) is 5.76 Å². The first kappa shape index (κ1) is 17.4. The summed E-state index contributed by atoms with van der Waals surface area (Å²) in [5.74, 6) is 1.17. The first-order chi connectivity index (χ1) is 11.9. The predicted octanol–water partition coefficient (Wildman–Crippen LogP) is 2.37. The Hall–Kier alpha value is -2.47. The molecule has 0 radical (unpaired) electrons. The summed E-state index contributed by atoms with van der Waals surface area (Å²) in [4.78, 5) is 14.4. The largest absolute Gasteiger partial charge is 0.463 e. The summed E-state index contributed by atoms with van der Waals surface area (Å²) >= 11 is 0. The van der Waals surface area contributed by atoms with Crippen LogP contribution >= 0.6 is 0 Å². The fourth-order valence-corrected chi connectivity index (χ4v) is 3.05. The smallest absolute Gasteiger partial charge is 0.315 e. The van der Waals surface area contributed by atoms with E-state index in [4.69, 9.17) is 4.42 Å². The van der Waals surface area contributed by atoms with Crippen molar-refractivity contribution in [3.63, 3.8) is 0 Å². The Bertz CT molecular complexity index is 712. The van der Waals surface area contributed by atoms with Crippen LogP contribution in [0.3, 0.4) is 0 Å². The lowest BCUT2D eigenvalue weighted by Gasteiger charge is -2.22. The molecule has 0 unspecified atom stereocenters. The Kier molecular flexibility index (Phi) is 4.99. The van der Waals surface area contributed by atoms with Crippen molar-refractivity contribution < 1.29 is 14.3 Å². The summed E-state index contributed by atoms with van der Waals surface area (Å²) in [7, 11) is 0. The third-order valence-electron chi connectivity index (χ3n) is 4.51. The first-order valence-corrected chi connectivity index (χ1v) is 8.58. The average Bonchev–Trinajstić information content (AvgIpc) is 3.23. The fourth-order valence-electron chi connectivity index (χ4n) is 3.05. The SMILES string of the molecule is Cc1ccc([C@@](C)(O)CNC(=O)N[C@H]2CCN(c3ccccc3)C2)o1. The van der Waals surface area contributed by atoms with Gasteiger partial charge >= 0.3 is 6.03 Å². The Labute approximate surface area is 147 Å². The average molecular weight is 343 g/mol. The molecule has 2 atom stereocenters. The summed E-state index contributed by atoms with van der Waals surface area (Å²) in [5.41, 5.74) is -0.0690. The number of benzene rings is 1. The summed E-state index contributed by atoms with van der Waals surface area (Å²) in [6.45, 7) is 5.22. The van der Waals surface area contributed by atoms with Crippen LogP contribution in [0.5, 0.6) is 0 Å². The molecule has 0 bridgehead atoms. The third-order valence-corrected chi connectivity index (χ3v) is 4.51. The third kappa shape index (κ3) is 4.33. The number of anilines is 1. The number of aliphatic hydroxyl groups is 1. The number of carbonyl (C=O) groups is 1. The molecular formula is C19H25N3O3. The molecule has 25 heavy (non-hydrogen) atoms. The topological polar surface area (TPSA) is 77.7 Å². The minimum Gasteiger partial charge on any atom is -0.463 e. The minimum absolute atomic E-state index is 0.0842. The zero-order valence-electron chi connectivity index (χ0n) is 14.7. The highest BCUT2D eigenvalue weighted by Crippen LogP contribution is 2.22. The molecule has 0 aliphatic carbocycles. The summed E-state index contributed by atoms with van der Waals surface area (Å²) in [6.07, 6.45) is 0.899. The Balaban J connectivity index is 1.47. The van der Waals surface area contributed by atoms with Crippen molar-refractivity contribution in [3.8, 4) is 0 Å². The molecule has 1 aliphatic heterocycles. The highest BCUT2D eigenvalue weighted by molar-refractivity contribution is 5.74. The van der Waals surface area contributed by atoms with E-state index in [2.05, 4.69) is 27.7 Å². The van der Waals surface area contributed by atoms with E-state index in [1.807, 2.05) is 25.1 Å². The monoisotopic (exact) mass is 343 g/mol. The van der Waals surface area contributed by atoms with Gasteiger partial charge in [0.25, 0.3) is 0 Å². The number of hydrogen-bond donors (Lipinski definition) is 3. The van der Waals surface area contributed by atoms with E-state index in [-0.39, 0.29) is 18.6 Å². The molecule has 1 saturated heterocycles. The summed E-state index contributed by atoms with van der Waals surface area (Å²) < 4.78 is 5.45. The van der Waals surface area contributed by atoms with E-state index < -0.39 is 5.60 Å². The number of rotatable bonds is 5. The second-order valence-corrected chi connectivity index (χ2v) is 6.78. The Morgan fingerprint density at radius 1 is 1.32 bits per heavy atom. The number of aryl methyl sites for hydroxylation is 1. The van der Waals surface area contributed by atoms with Gasteiger partial charge in [-0.05, 0) is 44.5 Å². The van der Waals surface area contributed by atoms with Gasteiger partial charge in [-0.15, -0.1) is 0 Å². The number of furan rings is 1. The number of amides is 2. The molecule has 3 rings (SSSR count). The molecule has 1 aromatic carbocycles. The second kappa shape index (κ2) is 7.19. The molecule has 3 N–H and O–H groups in total. The molecule has 2 amide bonds. The van der Waals surface area contributed by atoms with Crippen LogP contribution in [0.15, 0.2) is 46.9 Å². The van der Waals surface area contributed by atoms with Gasteiger partial charge in [-0.1, -0.05) is 18.2 Å². The van der Waals surface area contributed by atoms with Crippen molar-refractivity contribution in [2.24, 2.45) is 0 Å². The lowest BCUT2D eigenvalue weighted by Crippen LogP contribution is -2.47. The molecule has 2 heterocycles. The van der Waals surface area contributed by atoms with Gasteiger partial charge in [-0.25, -0.2) is 4.79 Å². The molecule has 134 valence electrons. The van der Waals surface area contributed by atoms with Crippen LogP contribution < -0.4 is 15.5 Å². The van der Waals surface area contributed by atoms with Crippen LogP contribution in [0.4, 0.5) is 10.5 Å². The number of nitrogens with one attached hydrogen (secondary N) is 2. The quantitative estimate of drug-likeness (QED) is 0.779. The Morgan fingerprint density at radius 3 is 2.76 bits per heavy atom. The maximum absolute atomic E-state index is 12.1. The lowest BCUT2D eigenvalue weighted by molar-refractivity contribution is 0.0359. The number of para-hydroxylation sites is 1. The molecule has 0 saturated carbocycles. The van der Waals surface area contributed by atoms with E-state index in [9.17, 15) is 9.90 Å². The number of urea groups is 1. The van der Waals surface area contributed by atoms with Crippen molar-refractivity contribution in [2.75, 3.05) is 24.5 Å². The van der Waals surface area contributed by atoms with Crippen molar-refractivity contribution in [1.29, 1.82) is 0 Å². The van der Waals surface area contributed by atoms with Gasteiger partial charge in [0, 0.05) is 24.8 Å². The maximum atomic E-state index is 12.1. The number of hydrogen-bond acceptors (Lipinski definition) is 4. The van der Waals surface area contributed by atoms with Gasteiger partial charge in [0.15, 0.2) is 0 Å². The molecular weight excluding hydrogens is 318 g/mol. The van der Waals surface area contributed by atoms with Crippen molar-refractivity contribution >= 4 is 11.7 Å². The normalized spacial score (nSPS) is 19.5. The van der Waals surface area contributed by atoms with Crippen LogP contribution in [0.2, 0.25) is 0 Å². The minimum atomic E-state index is -1.24. The van der Waals surface area contributed by atoms with Gasteiger partial charge < -0.3 is 25.1 Å². The van der Waals surface area contributed by atoms with Crippen LogP contribution in [-0.2, 0) is 5.60 Å². The van der Waals surface area contributed by atoms with Crippen LogP contribution in [0, 0.1) is 6.92 Å². The van der Waals surface area contributed by atoms with E-state index in [1.54, 1.807) is 19.1 Å². The van der Waals surface area contributed by atoms with Gasteiger partial charge in [-0.3, -0.25) is 0 Å². The van der Waals surface area contributed by atoms with Gasteiger partial charge in [0.05, 0.1) is 6.54 Å². The first-order valence-electron chi connectivity index (χ1n) is 8.58. The molecule has 1 fully saturated rings. The standard InChI is InChI=1S/C19H25N3O3/c1-14-8-9-17(25-14)19(2,24)13-20-18(23)21-15-10-11-22(12-15)16-6-4-3-5-7-16/h3-9,15,24H,10-13H2,1-2H3,(H2,20,21,23)/t15-,19-/m0/s1. The van der Waals surface area contributed by atoms with Crippen molar-refractivity contribution in [1.82, 2.24) is 10.6 Å². The van der Waals surface area contributed by atoms with E-state index in [1.165, 1.54) is 5.69 Å². The molecule has 1 aromatic heterocycles. The lowest BCUT2D eigenvalue weighted by atomic mass is 10.0. The van der Waals surface area contributed by atoms with Gasteiger partial charge in [0.2, 0.25) is 0 Å². The summed E-state index contributed by atoms with van der Waals surface area (Å²) in [6, 6.07) is 13.5. The molecule has 1 aliphatic rings. The van der Waals surface area contributed by atoms with Crippen LogP contribution in [-0.4, -0.2) is 36.8 Å². The molecule has 6 nitrogen and oxygen atoms in total. The highest BCUT2D eigenvalue weighted by atomic mass is 16.4. The van der Waals surface area contributed by atoms with Crippen LogP contribution in [0.1, 0.15) is 24.9 Å². The van der Waals surface area contributed by atoms with Gasteiger partial charge in [-0.2, -0.15) is 0 Å². The van der Waals surface area contributed by atoms with E-state index in [0.717, 1.165) is 25.3 Å². The molecule has 2 aromatic rings. The maximum Gasteiger partial charge on any atom is 0.315 e. The van der Waals surface area contributed by atoms with Crippen molar-refractivity contribution in [2.45, 2.75) is 31.9 Å². The highest BCUT2D eigenvalue weighted by Gasteiger charge is 2.29. The Morgan fingerprint density at radius 2 is 2.08 bits per heavy atom. The number of carbonyl (C=O) groups excluding carboxylic acids is 1.